The summed E-state index contributed by atoms with van der Waals surface area (Å²) in [6, 6.07) is 9.48. The molecule has 1 aromatic heterocycles. The second kappa shape index (κ2) is 7.55. The summed E-state index contributed by atoms with van der Waals surface area (Å²) in [4.78, 5) is 24.5. The van der Waals surface area contributed by atoms with Crippen molar-refractivity contribution in [3.05, 3.63) is 41.5 Å². The monoisotopic (exact) mass is 396 g/mol. The number of aromatic nitrogens is 2. The molecule has 144 valence electrons. The molecule has 1 aliphatic heterocycles. The predicted molar refractivity (Wildman–Crippen MR) is 109 cm³/mol. The van der Waals surface area contributed by atoms with Gasteiger partial charge in [-0.15, -0.1) is 0 Å². The third kappa shape index (κ3) is 3.31. The van der Waals surface area contributed by atoms with Crippen LogP contribution in [-0.4, -0.2) is 27.7 Å². The number of amides is 2. The molecule has 7 nitrogen and oxygen atoms in total. The van der Waals surface area contributed by atoms with Crippen molar-refractivity contribution in [2.24, 2.45) is 0 Å². The van der Waals surface area contributed by atoms with E-state index >= 15 is 0 Å². The third-order valence-electron chi connectivity index (χ3n) is 4.85. The molecule has 3 aromatic rings. The molecule has 0 saturated heterocycles. The van der Waals surface area contributed by atoms with Crippen LogP contribution in [-0.2, 0) is 9.59 Å². The minimum atomic E-state index is -0.177. The van der Waals surface area contributed by atoms with Crippen LogP contribution in [0, 0.1) is 0 Å². The highest BCUT2D eigenvalue weighted by molar-refractivity contribution is 7.00. The number of methoxy groups -OCH3 is 1. The van der Waals surface area contributed by atoms with Crippen LogP contribution in [0.5, 0.6) is 5.75 Å². The number of hydrogen-bond donors (Lipinski definition) is 2. The molecular formula is C20H20N4O3S. The number of rotatable bonds is 5. The Kier molecular flexibility index (Phi) is 4.95. The smallest absolute Gasteiger partial charge is 0.225 e. The molecule has 0 saturated carbocycles. The fraction of sp³-hybridized carbons (Fsp3) is 0.300. The maximum absolute atomic E-state index is 12.4. The molecule has 0 spiro atoms. The Labute approximate surface area is 166 Å². The number of anilines is 2. The lowest BCUT2D eigenvalue weighted by Gasteiger charge is -2.27. The van der Waals surface area contributed by atoms with Gasteiger partial charge in [-0.2, -0.15) is 8.75 Å². The Bertz CT molecular complexity index is 1060. The molecule has 0 fully saturated rings. The first-order chi connectivity index (χ1) is 13.6. The van der Waals surface area contributed by atoms with Crippen LogP contribution in [0.15, 0.2) is 30.3 Å². The summed E-state index contributed by atoms with van der Waals surface area (Å²) in [7, 11) is 1.54. The summed E-state index contributed by atoms with van der Waals surface area (Å²) in [5.41, 5.74) is 4.80. The Morgan fingerprint density at radius 2 is 2.18 bits per heavy atom. The number of nitrogens with zero attached hydrogens (tertiary/aromatic N) is 2. The first-order valence-corrected chi connectivity index (χ1v) is 9.86. The van der Waals surface area contributed by atoms with Gasteiger partial charge in [0.15, 0.2) is 0 Å². The first kappa shape index (κ1) is 18.4. The fourth-order valence-electron chi connectivity index (χ4n) is 3.58. The zero-order chi connectivity index (χ0) is 19.7. The van der Waals surface area contributed by atoms with E-state index in [1.807, 2.05) is 31.2 Å². The van der Waals surface area contributed by atoms with Gasteiger partial charge in [0.05, 0.1) is 24.5 Å². The normalized spacial score (nSPS) is 15.8. The van der Waals surface area contributed by atoms with E-state index in [2.05, 4.69) is 19.4 Å². The van der Waals surface area contributed by atoms with E-state index < -0.39 is 0 Å². The van der Waals surface area contributed by atoms with Crippen LogP contribution < -0.4 is 15.4 Å². The highest BCUT2D eigenvalue weighted by Gasteiger charge is 2.30. The summed E-state index contributed by atoms with van der Waals surface area (Å²) in [6.07, 6.45) is 1.50. The molecule has 0 bridgehead atoms. The van der Waals surface area contributed by atoms with Crippen molar-refractivity contribution < 1.29 is 14.3 Å². The predicted octanol–water partition coefficient (Wildman–Crippen LogP) is 3.91. The highest BCUT2D eigenvalue weighted by atomic mass is 32.1. The molecule has 8 heteroatoms. The second-order valence-electron chi connectivity index (χ2n) is 6.72. The largest absolute Gasteiger partial charge is 0.494 e. The van der Waals surface area contributed by atoms with Crippen molar-refractivity contribution in [3.8, 4) is 5.75 Å². The SMILES string of the molecule is CCCC(=O)Nc1cc2c(cc1OC)NC(=O)C[C@@H]2c1cccc2nsnc12. The molecule has 28 heavy (non-hydrogen) atoms. The number of hydrogen-bond acceptors (Lipinski definition) is 6. The maximum Gasteiger partial charge on any atom is 0.225 e. The van der Waals surface area contributed by atoms with Gasteiger partial charge in [-0.1, -0.05) is 19.1 Å². The van der Waals surface area contributed by atoms with Gasteiger partial charge in [0.25, 0.3) is 0 Å². The Hall–Kier alpha value is -3.00. The minimum absolute atomic E-state index is 0.0667. The Morgan fingerprint density at radius 1 is 1.32 bits per heavy atom. The van der Waals surface area contributed by atoms with Gasteiger partial charge in [-0.25, -0.2) is 0 Å². The van der Waals surface area contributed by atoms with Crippen molar-refractivity contribution in [2.75, 3.05) is 17.7 Å². The number of carbonyl (C=O) groups excluding carboxylic acids is 2. The van der Waals surface area contributed by atoms with Crippen LogP contribution in [0.25, 0.3) is 11.0 Å². The molecule has 0 aliphatic carbocycles. The van der Waals surface area contributed by atoms with Gasteiger partial charge in [-0.3, -0.25) is 9.59 Å². The summed E-state index contributed by atoms with van der Waals surface area (Å²) in [5.74, 6) is 0.201. The first-order valence-electron chi connectivity index (χ1n) is 9.13. The van der Waals surface area contributed by atoms with E-state index in [1.54, 1.807) is 13.2 Å². The Balaban J connectivity index is 1.83. The molecular weight excluding hydrogens is 376 g/mol. The van der Waals surface area contributed by atoms with Crippen LogP contribution >= 0.6 is 11.7 Å². The van der Waals surface area contributed by atoms with Crippen molar-refractivity contribution in [3.63, 3.8) is 0 Å². The average Bonchev–Trinajstić information content (AvgIpc) is 3.16. The van der Waals surface area contributed by atoms with Gasteiger partial charge in [-0.05, 0) is 29.7 Å². The fourth-order valence-corrected chi connectivity index (χ4v) is 4.14. The van der Waals surface area contributed by atoms with E-state index in [0.717, 1.165) is 40.3 Å². The second-order valence-corrected chi connectivity index (χ2v) is 7.25. The van der Waals surface area contributed by atoms with Gasteiger partial charge in [0.1, 0.15) is 16.8 Å². The van der Waals surface area contributed by atoms with E-state index in [0.29, 0.717) is 30.0 Å². The van der Waals surface area contributed by atoms with Crippen molar-refractivity contribution in [1.29, 1.82) is 0 Å². The molecule has 2 N–H and O–H groups in total. The summed E-state index contributed by atoms with van der Waals surface area (Å²) < 4.78 is 14.2. The van der Waals surface area contributed by atoms with Crippen molar-refractivity contribution >= 4 is 46.0 Å². The molecule has 2 amide bonds. The topological polar surface area (TPSA) is 93.2 Å². The number of carbonyl (C=O) groups is 2. The number of nitrogens with one attached hydrogen (secondary N) is 2. The molecule has 2 heterocycles. The average molecular weight is 396 g/mol. The van der Waals surface area contributed by atoms with E-state index in [1.165, 1.54) is 0 Å². The number of fused-ring (bicyclic) bond motifs is 2. The lowest BCUT2D eigenvalue weighted by Crippen LogP contribution is -2.24. The van der Waals surface area contributed by atoms with Crippen LogP contribution in [0.3, 0.4) is 0 Å². The van der Waals surface area contributed by atoms with Gasteiger partial charge in [0, 0.05) is 30.5 Å². The molecule has 0 unspecified atom stereocenters. The highest BCUT2D eigenvalue weighted by Crippen LogP contribution is 2.43. The number of benzene rings is 2. The van der Waals surface area contributed by atoms with Crippen molar-refractivity contribution in [2.45, 2.75) is 32.1 Å². The van der Waals surface area contributed by atoms with Gasteiger partial charge < -0.3 is 15.4 Å². The molecule has 2 aromatic carbocycles. The summed E-state index contributed by atoms with van der Waals surface area (Å²) >= 11 is 1.16. The van der Waals surface area contributed by atoms with E-state index in [4.69, 9.17) is 4.74 Å². The molecule has 1 atom stereocenters. The zero-order valence-corrected chi connectivity index (χ0v) is 16.4. The maximum atomic E-state index is 12.4. The van der Waals surface area contributed by atoms with Gasteiger partial charge >= 0.3 is 0 Å². The van der Waals surface area contributed by atoms with E-state index in [-0.39, 0.29) is 17.7 Å². The molecule has 0 radical (unpaired) electrons. The Morgan fingerprint density at radius 3 is 2.96 bits per heavy atom. The van der Waals surface area contributed by atoms with Crippen molar-refractivity contribution in [1.82, 2.24) is 8.75 Å². The van der Waals surface area contributed by atoms with Crippen LogP contribution in [0.1, 0.15) is 43.2 Å². The lowest BCUT2D eigenvalue weighted by molar-refractivity contribution is -0.117. The molecule has 1 aliphatic rings. The minimum Gasteiger partial charge on any atom is -0.494 e. The standard InChI is InChI=1S/C20H20N4O3S/c1-3-5-18(25)22-16-8-13-12(9-19(26)21-15(13)10-17(16)27-2)11-6-4-7-14-20(11)24-28-23-14/h4,6-8,10,12H,3,5,9H2,1-2H3,(H,21,26)(H,22,25)/t12-/m1/s1. The number of ether oxygens (including phenoxy) is 1. The van der Waals surface area contributed by atoms with Gasteiger partial charge in [0.2, 0.25) is 11.8 Å². The quantitative estimate of drug-likeness (QED) is 0.682. The third-order valence-corrected chi connectivity index (χ3v) is 5.40. The lowest BCUT2D eigenvalue weighted by atomic mass is 9.83. The summed E-state index contributed by atoms with van der Waals surface area (Å²) in [6.45, 7) is 1.96. The molecule has 4 rings (SSSR count). The summed E-state index contributed by atoms with van der Waals surface area (Å²) in [5, 5.41) is 5.84. The van der Waals surface area contributed by atoms with E-state index in [9.17, 15) is 9.59 Å². The zero-order valence-electron chi connectivity index (χ0n) is 15.6. The van der Waals surface area contributed by atoms with Crippen LogP contribution in [0.4, 0.5) is 11.4 Å². The van der Waals surface area contributed by atoms with Crippen LogP contribution in [0.2, 0.25) is 0 Å².